The van der Waals surface area contributed by atoms with Crippen LogP contribution in [0.4, 0.5) is 0 Å². The Morgan fingerprint density at radius 2 is 1.87 bits per heavy atom. The molecule has 0 saturated carbocycles. The number of phenolic OH excluding ortho intramolecular Hbond substituents is 2. The van der Waals surface area contributed by atoms with Gasteiger partial charge in [0.25, 0.3) is 5.91 Å². The highest BCUT2D eigenvalue weighted by Gasteiger charge is 2.14. The summed E-state index contributed by atoms with van der Waals surface area (Å²) in [4.78, 5) is 12.2. The van der Waals surface area contributed by atoms with Gasteiger partial charge in [-0.05, 0) is 36.3 Å². The predicted octanol–water partition coefficient (Wildman–Crippen LogP) is 2.88. The number of nitrogens with zero attached hydrogens (tertiary/aromatic N) is 1. The first-order chi connectivity index (χ1) is 11.0. The molecule has 0 aliphatic heterocycles. The number of carbonyl (C=O) groups excluding carboxylic acids is 1. The summed E-state index contributed by atoms with van der Waals surface area (Å²) in [7, 11) is 0. The topological polar surface area (TPSA) is 93.4 Å². The van der Waals surface area contributed by atoms with Crippen molar-refractivity contribution in [3.05, 3.63) is 65.2 Å². The van der Waals surface area contributed by atoms with Gasteiger partial charge in [-0.15, -0.1) is 0 Å². The number of benzene rings is 2. The van der Waals surface area contributed by atoms with E-state index in [1.54, 1.807) is 0 Å². The van der Waals surface area contributed by atoms with Crippen LogP contribution in [0.2, 0.25) is 0 Å². The minimum atomic E-state index is -0.503. The maximum absolute atomic E-state index is 12.2. The van der Waals surface area contributed by atoms with Crippen molar-refractivity contribution in [2.45, 2.75) is 13.0 Å². The summed E-state index contributed by atoms with van der Waals surface area (Å²) in [6.07, 6.45) is 1.35. The van der Waals surface area contributed by atoms with E-state index in [4.69, 9.17) is 0 Å². The largest absolute Gasteiger partial charge is 0.504 e. The van der Waals surface area contributed by atoms with Gasteiger partial charge in [-0.1, -0.05) is 36.4 Å². The van der Waals surface area contributed by atoms with Gasteiger partial charge in [0, 0.05) is 0 Å². The third-order valence-corrected chi connectivity index (χ3v) is 3.32. The maximum atomic E-state index is 12.2. The number of aromatic hydroxyl groups is 2. The summed E-state index contributed by atoms with van der Waals surface area (Å²) in [5.74, 6) is -1.08. The van der Waals surface area contributed by atoms with Crippen LogP contribution in [0.25, 0.3) is 6.08 Å². The predicted molar refractivity (Wildman–Crippen MR) is 86.4 cm³/mol. The second-order valence-electron chi connectivity index (χ2n) is 5.02. The molecular formula is C18H16N2O3. The highest BCUT2D eigenvalue weighted by atomic mass is 16.3. The Balaban J connectivity index is 2.17. The van der Waals surface area contributed by atoms with Crippen molar-refractivity contribution in [3.63, 3.8) is 0 Å². The fourth-order valence-corrected chi connectivity index (χ4v) is 2.04. The molecule has 0 fully saturated rings. The first-order valence-corrected chi connectivity index (χ1v) is 7.01. The summed E-state index contributed by atoms with van der Waals surface area (Å²) in [5, 5.41) is 30.7. The Labute approximate surface area is 134 Å². The smallest absolute Gasteiger partial charge is 0.262 e. The molecule has 0 bridgehead atoms. The van der Waals surface area contributed by atoms with Crippen molar-refractivity contribution in [2.75, 3.05) is 0 Å². The molecule has 0 aromatic heterocycles. The second kappa shape index (κ2) is 7.14. The lowest BCUT2D eigenvalue weighted by molar-refractivity contribution is -0.117. The highest BCUT2D eigenvalue weighted by molar-refractivity contribution is 6.01. The van der Waals surface area contributed by atoms with Crippen LogP contribution < -0.4 is 5.32 Å². The summed E-state index contributed by atoms with van der Waals surface area (Å²) in [5.41, 5.74) is 1.29. The third-order valence-electron chi connectivity index (χ3n) is 3.32. The van der Waals surface area contributed by atoms with E-state index < -0.39 is 5.91 Å². The van der Waals surface area contributed by atoms with Gasteiger partial charge in [0.15, 0.2) is 11.5 Å². The van der Waals surface area contributed by atoms with Crippen molar-refractivity contribution >= 4 is 12.0 Å². The van der Waals surface area contributed by atoms with E-state index in [2.05, 4.69) is 5.32 Å². The van der Waals surface area contributed by atoms with Crippen molar-refractivity contribution in [3.8, 4) is 17.6 Å². The van der Waals surface area contributed by atoms with Crippen LogP contribution in [0.15, 0.2) is 54.1 Å². The number of hydrogen-bond acceptors (Lipinski definition) is 4. The van der Waals surface area contributed by atoms with Crippen LogP contribution in [0, 0.1) is 11.3 Å². The standard InChI is InChI=1S/C18H16N2O3/c1-12(14-5-3-2-4-6-14)20-18(23)15(11-19)9-13-7-8-16(21)17(22)10-13/h2-10,12,21-22H,1H3,(H,20,23)/b15-9+. The van der Waals surface area contributed by atoms with E-state index in [1.165, 1.54) is 24.3 Å². The molecule has 5 nitrogen and oxygen atoms in total. The van der Waals surface area contributed by atoms with Gasteiger partial charge in [0.2, 0.25) is 0 Å². The van der Waals surface area contributed by atoms with Crippen LogP contribution in [-0.4, -0.2) is 16.1 Å². The molecule has 0 radical (unpaired) electrons. The molecule has 2 aromatic carbocycles. The van der Waals surface area contributed by atoms with E-state index in [1.807, 2.05) is 43.3 Å². The fraction of sp³-hybridized carbons (Fsp3) is 0.111. The van der Waals surface area contributed by atoms with Crippen LogP contribution in [-0.2, 0) is 4.79 Å². The summed E-state index contributed by atoms with van der Waals surface area (Å²) < 4.78 is 0. The van der Waals surface area contributed by atoms with Crippen LogP contribution in [0.1, 0.15) is 24.1 Å². The van der Waals surface area contributed by atoms with Gasteiger partial charge in [-0.3, -0.25) is 4.79 Å². The number of rotatable bonds is 4. The molecule has 5 heteroatoms. The van der Waals surface area contributed by atoms with Gasteiger partial charge in [-0.25, -0.2) is 0 Å². The fourth-order valence-electron chi connectivity index (χ4n) is 2.04. The van der Waals surface area contributed by atoms with E-state index in [9.17, 15) is 20.3 Å². The van der Waals surface area contributed by atoms with E-state index in [-0.39, 0.29) is 23.1 Å². The molecular weight excluding hydrogens is 292 g/mol. The van der Waals surface area contributed by atoms with Crippen LogP contribution >= 0.6 is 0 Å². The Hall–Kier alpha value is -3.26. The maximum Gasteiger partial charge on any atom is 0.262 e. The number of carbonyl (C=O) groups is 1. The first-order valence-electron chi connectivity index (χ1n) is 7.01. The summed E-state index contributed by atoms with van der Waals surface area (Å²) in [6, 6.07) is 15.1. The second-order valence-corrected chi connectivity index (χ2v) is 5.02. The molecule has 0 spiro atoms. The summed E-state index contributed by atoms with van der Waals surface area (Å²) >= 11 is 0. The zero-order valence-electron chi connectivity index (χ0n) is 12.5. The number of amides is 1. The van der Waals surface area contributed by atoms with Gasteiger partial charge in [0.1, 0.15) is 11.6 Å². The SMILES string of the molecule is CC(NC(=O)/C(C#N)=C/c1ccc(O)c(O)c1)c1ccccc1. The zero-order valence-corrected chi connectivity index (χ0v) is 12.5. The lowest BCUT2D eigenvalue weighted by atomic mass is 10.1. The highest BCUT2D eigenvalue weighted by Crippen LogP contribution is 2.26. The number of nitrogens with one attached hydrogen (secondary N) is 1. The van der Waals surface area contributed by atoms with E-state index in [0.717, 1.165) is 5.56 Å². The number of nitriles is 1. The van der Waals surface area contributed by atoms with Crippen molar-refractivity contribution in [1.82, 2.24) is 5.32 Å². The average Bonchev–Trinajstić information content (AvgIpc) is 2.56. The first kappa shape index (κ1) is 16.1. The van der Waals surface area contributed by atoms with Crippen molar-refractivity contribution < 1.29 is 15.0 Å². The van der Waals surface area contributed by atoms with E-state index >= 15 is 0 Å². The minimum absolute atomic E-state index is 0.0853. The number of phenols is 2. The molecule has 116 valence electrons. The molecule has 2 rings (SSSR count). The quantitative estimate of drug-likeness (QED) is 0.460. The van der Waals surface area contributed by atoms with E-state index in [0.29, 0.717) is 5.56 Å². The Kier molecular flexibility index (Phi) is 5.00. The third kappa shape index (κ3) is 4.11. The molecule has 0 aliphatic carbocycles. The molecule has 1 amide bonds. The Morgan fingerprint density at radius 3 is 2.48 bits per heavy atom. The van der Waals surface area contributed by atoms with Crippen LogP contribution in [0.5, 0.6) is 11.5 Å². The zero-order chi connectivity index (χ0) is 16.8. The molecule has 0 aliphatic rings. The lowest BCUT2D eigenvalue weighted by Gasteiger charge is -2.13. The van der Waals surface area contributed by atoms with Crippen LogP contribution in [0.3, 0.4) is 0 Å². The molecule has 1 unspecified atom stereocenters. The van der Waals surface area contributed by atoms with Crippen molar-refractivity contribution in [2.24, 2.45) is 0 Å². The molecule has 0 heterocycles. The van der Waals surface area contributed by atoms with Crippen molar-refractivity contribution in [1.29, 1.82) is 5.26 Å². The Bertz CT molecular complexity index is 777. The lowest BCUT2D eigenvalue weighted by Crippen LogP contribution is -2.27. The monoisotopic (exact) mass is 308 g/mol. The number of hydrogen-bond donors (Lipinski definition) is 3. The van der Waals surface area contributed by atoms with Gasteiger partial charge >= 0.3 is 0 Å². The molecule has 0 saturated heterocycles. The Morgan fingerprint density at radius 1 is 1.17 bits per heavy atom. The van der Waals surface area contributed by atoms with Gasteiger partial charge < -0.3 is 15.5 Å². The molecule has 2 aromatic rings. The average molecular weight is 308 g/mol. The minimum Gasteiger partial charge on any atom is -0.504 e. The molecule has 3 N–H and O–H groups in total. The summed E-state index contributed by atoms with van der Waals surface area (Å²) in [6.45, 7) is 1.83. The molecule has 23 heavy (non-hydrogen) atoms. The normalized spacial score (nSPS) is 12.3. The van der Waals surface area contributed by atoms with Gasteiger partial charge in [-0.2, -0.15) is 5.26 Å². The molecule has 1 atom stereocenters. The van der Waals surface area contributed by atoms with Gasteiger partial charge in [0.05, 0.1) is 6.04 Å².